The lowest BCUT2D eigenvalue weighted by molar-refractivity contribution is -0.108. The summed E-state index contributed by atoms with van der Waals surface area (Å²) in [5, 5.41) is 13.4. The van der Waals surface area contributed by atoms with Crippen LogP contribution in [-0.2, 0) is 4.74 Å². The largest absolute Gasteiger partial charge is 0.478 e. The molecule has 4 heteroatoms. The number of carboxylic acid groups (broad SMARTS) is 1. The van der Waals surface area contributed by atoms with Crippen LogP contribution in [0.15, 0.2) is 18.2 Å². The molecular weight excluding hydrogens is 338 g/mol. The van der Waals surface area contributed by atoms with Crippen molar-refractivity contribution in [3.63, 3.8) is 0 Å². The fourth-order valence-corrected chi connectivity index (χ4v) is 7.97. The quantitative estimate of drug-likeness (QED) is 0.783. The summed E-state index contributed by atoms with van der Waals surface area (Å²) in [5.41, 5.74) is 2.99. The number of anilines is 1. The average molecular weight is 367 g/mol. The zero-order valence-electron chi connectivity index (χ0n) is 15.8. The third-order valence-electron chi connectivity index (χ3n) is 8.46. The maximum atomic E-state index is 11.5. The molecule has 4 nitrogen and oxygen atoms in total. The second kappa shape index (κ2) is 5.73. The third kappa shape index (κ3) is 2.41. The minimum atomic E-state index is -0.853. The number of carbonyl (C=O) groups is 1. The van der Waals surface area contributed by atoms with Gasteiger partial charge in [-0.1, -0.05) is 0 Å². The topological polar surface area (TPSA) is 58.6 Å². The molecule has 1 aromatic rings. The van der Waals surface area contributed by atoms with Crippen LogP contribution in [-0.4, -0.2) is 23.7 Å². The highest BCUT2D eigenvalue weighted by Gasteiger charge is 2.58. The van der Waals surface area contributed by atoms with E-state index in [1.54, 1.807) is 6.07 Å². The lowest BCUT2D eigenvalue weighted by Gasteiger charge is -2.62. The molecule has 7 rings (SSSR count). The van der Waals surface area contributed by atoms with E-state index in [1.165, 1.54) is 44.9 Å². The minimum Gasteiger partial charge on any atom is -0.478 e. The van der Waals surface area contributed by atoms with Crippen LogP contribution in [0.1, 0.15) is 73.4 Å². The van der Waals surface area contributed by atoms with Gasteiger partial charge in [-0.15, -0.1) is 0 Å². The van der Waals surface area contributed by atoms with Gasteiger partial charge in [-0.3, -0.25) is 0 Å². The molecule has 3 atom stereocenters. The second-order valence-corrected chi connectivity index (χ2v) is 10.1. The zero-order valence-corrected chi connectivity index (χ0v) is 15.8. The van der Waals surface area contributed by atoms with Gasteiger partial charge in [-0.05, 0) is 92.7 Å². The van der Waals surface area contributed by atoms with Crippen molar-refractivity contribution in [1.82, 2.24) is 0 Å². The Hall–Kier alpha value is -1.55. The van der Waals surface area contributed by atoms with E-state index >= 15 is 0 Å². The summed E-state index contributed by atoms with van der Waals surface area (Å²) in [6, 6.07) is 6.07. The molecule has 2 heterocycles. The summed E-state index contributed by atoms with van der Waals surface area (Å²) < 4.78 is 6.30. The van der Waals surface area contributed by atoms with Crippen LogP contribution in [0, 0.1) is 29.1 Å². The highest BCUT2D eigenvalue weighted by atomic mass is 16.5. The molecule has 4 aliphatic carbocycles. The van der Waals surface area contributed by atoms with E-state index in [9.17, 15) is 9.90 Å². The Morgan fingerprint density at radius 3 is 2.48 bits per heavy atom. The molecule has 6 aliphatic rings. The van der Waals surface area contributed by atoms with E-state index < -0.39 is 5.97 Å². The molecule has 2 N–H and O–H groups in total. The molecule has 1 aromatic carbocycles. The van der Waals surface area contributed by atoms with Gasteiger partial charge in [0.2, 0.25) is 0 Å². The molecule has 4 bridgehead atoms. The van der Waals surface area contributed by atoms with Crippen LogP contribution >= 0.6 is 0 Å². The Kier molecular flexibility index (Phi) is 3.48. The summed E-state index contributed by atoms with van der Waals surface area (Å²) in [6.07, 6.45) is 11.0. The number of fused-ring (bicyclic) bond motifs is 3. The highest BCUT2D eigenvalue weighted by Crippen LogP contribution is 2.64. The van der Waals surface area contributed by atoms with Crippen LogP contribution in [0.5, 0.6) is 0 Å². The molecule has 27 heavy (non-hydrogen) atoms. The molecule has 2 aliphatic heterocycles. The van der Waals surface area contributed by atoms with Crippen molar-refractivity contribution in [1.29, 1.82) is 0 Å². The van der Waals surface area contributed by atoms with Gasteiger partial charge in [0.25, 0.3) is 0 Å². The molecule has 0 radical (unpaired) electrons. The van der Waals surface area contributed by atoms with Crippen LogP contribution in [0.25, 0.3) is 0 Å². The number of carboxylic acids is 1. The third-order valence-corrected chi connectivity index (χ3v) is 8.46. The van der Waals surface area contributed by atoms with Crippen LogP contribution in [0.2, 0.25) is 0 Å². The van der Waals surface area contributed by atoms with Gasteiger partial charge < -0.3 is 15.2 Å². The van der Waals surface area contributed by atoms with Crippen molar-refractivity contribution >= 4 is 11.7 Å². The van der Waals surface area contributed by atoms with Crippen molar-refractivity contribution in [3.05, 3.63) is 29.3 Å². The first kappa shape index (κ1) is 16.4. The Bertz CT molecular complexity index is 753. The Labute approximate surface area is 160 Å². The van der Waals surface area contributed by atoms with E-state index in [4.69, 9.17) is 4.74 Å². The molecule has 0 amide bonds. The van der Waals surface area contributed by atoms with E-state index in [0.717, 1.165) is 42.0 Å². The number of ether oxygens (including phenoxy) is 1. The molecule has 4 saturated carbocycles. The van der Waals surface area contributed by atoms with Crippen molar-refractivity contribution in [3.8, 4) is 0 Å². The van der Waals surface area contributed by atoms with E-state index in [0.29, 0.717) is 22.9 Å². The molecule has 0 spiro atoms. The lowest BCUT2D eigenvalue weighted by Crippen LogP contribution is -2.58. The van der Waals surface area contributed by atoms with Gasteiger partial charge in [0, 0.05) is 29.8 Å². The van der Waals surface area contributed by atoms with Crippen LogP contribution in [0.3, 0.4) is 0 Å². The fourth-order valence-electron chi connectivity index (χ4n) is 7.97. The fraction of sp³-hybridized carbons (Fsp3) is 0.696. The standard InChI is InChI=1S/C23H29NO3/c25-22(26)16-3-4-19-18(9-16)20-17(2-1-5-27-20)21(24-19)23-10-13-6-14(11-23)8-15(7-13)12-23/h3-4,9,13-15,17,20-21,24H,1-2,5-8,10-12H2,(H,25,26). The second-order valence-electron chi connectivity index (χ2n) is 10.1. The molecule has 3 unspecified atom stereocenters. The minimum absolute atomic E-state index is 0.0623. The number of benzene rings is 1. The normalized spacial score (nSPS) is 44.3. The number of hydrogen-bond acceptors (Lipinski definition) is 3. The summed E-state index contributed by atoms with van der Waals surface area (Å²) in [4.78, 5) is 11.5. The van der Waals surface area contributed by atoms with Crippen LogP contribution in [0.4, 0.5) is 5.69 Å². The summed E-state index contributed by atoms with van der Waals surface area (Å²) in [7, 11) is 0. The summed E-state index contributed by atoms with van der Waals surface area (Å²) in [5.74, 6) is 2.45. The number of aromatic carboxylic acids is 1. The van der Waals surface area contributed by atoms with Crippen molar-refractivity contribution in [2.24, 2.45) is 29.1 Å². The van der Waals surface area contributed by atoms with Gasteiger partial charge in [-0.25, -0.2) is 4.79 Å². The monoisotopic (exact) mass is 367 g/mol. The van der Waals surface area contributed by atoms with Gasteiger partial charge in [0.15, 0.2) is 0 Å². The van der Waals surface area contributed by atoms with Crippen molar-refractivity contribution in [2.45, 2.75) is 63.5 Å². The Morgan fingerprint density at radius 2 is 1.81 bits per heavy atom. The van der Waals surface area contributed by atoms with Crippen molar-refractivity contribution in [2.75, 3.05) is 11.9 Å². The first-order chi connectivity index (χ1) is 13.1. The molecule has 1 saturated heterocycles. The summed E-state index contributed by atoms with van der Waals surface area (Å²) >= 11 is 0. The lowest BCUT2D eigenvalue weighted by atomic mass is 9.46. The highest BCUT2D eigenvalue weighted by molar-refractivity contribution is 5.88. The molecular formula is C23H29NO3. The van der Waals surface area contributed by atoms with E-state index in [2.05, 4.69) is 5.32 Å². The van der Waals surface area contributed by atoms with E-state index in [-0.39, 0.29) is 6.10 Å². The van der Waals surface area contributed by atoms with Gasteiger partial charge in [0.1, 0.15) is 0 Å². The number of nitrogens with one attached hydrogen (secondary N) is 1. The maximum Gasteiger partial charge on any atom is 0.335 e. The number of rotatable bonds is 2. The Morgan fingerprint density at radius 1 is 1.11 bits per heavy atom. The van der Waals surface area contributed by atoms with Gasteiger partial charge in [-0.2, -0.15) is 0 Å². The smallest absolute Gasteiger partial charge is 0.335 e. The summed E-state index contributed by atoms with van der Waals surface area (Å²) in [6.45, 7) is 0.797. The predicted octanol–water partition coefficient (Wildman–Crippen LogP) is 4.86. The predicted molar refractivity (Wildman–Crippen MR) is 103 cm³/mol. The van der Waals surface area contributed by atoms with Gasteiger partial charge in [0.05, 0.1) is 11.7 Å². The SMILES string of the molecule is O=C(O)c1ccc2c(c1)C1OCCCC1C(C13CC4CC(CC(C4)C1)C3)N2. The van der Waals surface area contributed by atoms with Gasteiger partial charge >= 0.3 is 5.97 Å². The number of hydrogen-bond donors (Lipinski definition) is 2. The Balaban J connectivity index is 1.41. The van der Waals surface area contributed by atoms with Crippen molar-refractivity contribution < 1.29 is 14.6 Å². The zero-order chi connectivity index (χ0) is 18.2. The maximum absolute atomic E-state index is 11.5. The first-order valence-electron chi connectivity index (χ1n) is 10.9. The van der Waals surface area contributed by atoms with E-state index in [1.807, 2.05) is 12.1 Å². The molecule has 144 valence electrons. The molecule has 5 fully saturated rings. The average Bonchev–Trinajstić information content (AvgIpc) is 2.66. The molecule has 0 aromatic heterocycles. The first-order valence-corrected chi connectivity index (χ1v) is 10.9. The van der Waals surface area contributed by atoms with Crippen LogP contribution < -0.4 is 5.32 Å².